The zero-order valence-corrected chi connectivity index (χ0v) is 68.9. The van der Waals surface area contributed by atoms with Gasteiger partial charge >= 0.3 is 0 Å². The number of aliphatic hydroxyl groups is 27. The summed E-state index contributed by atoms with van der Waals surface area (Å²) in [6, 6.07) is -0.780. The van der Waals surface area contributed by atoms with Crippen LogP contribution < -0.4 is 5.32 Å². The topological polar surface area (TPSA) is 687 Å². The highest BCUT2D eigenvalue weighted by molar-refractivity contribution is 4.98. The molecule has 0 saturated carbocycles. The van der Waals surface area contributed by atoms with E-state index in [-0.39, 0.29) is 18.8 Å². The van der Waals surface area contributed by atoms with Crippen LogP contribution in [0.3, 0.4) is 0 Å². The predicted molar refractivity (Wildman–Crippen MR) is 389 cm³/mol. The molecule has 678 valence electrons. The molecule has 0 amide bonds. The number of aliphatic hydroxyl groups excluding tert-OH is 27. The lowest BCUT2D eigenvalue weighted by atomic mass is 9.94. The highest BCUT2D eigenvalue weighted by Crippen LogP contribution is 2.32. The van der Waals surface area contributed by atoms with Crippen molar-refractivity contribution in [3.05, 3.63) is 0 Å². The minimum atomic E-state index is -1.51. The van der Waals surface area contributed by atoms with E-state index in [9.17, 15) is 107 Å². The molecule has 0 aromatic heterocycles. The van der Waals surface area contributed by atoms with Crippen molar-refractivity contribution in [2.24, 2.45) is 0 Å². The highest BCUT2D eigenvalue weighted by Gasteiger charge is 2.52. The van der Waals surface area contributed by atoms with Crippen LogP contribution >= 0.6 is 0 Å². The van der Waals surface area contributed by atoms with Gasteiger partial charge in [0.15, 0.2) is 44.0 Å². The predicted octanol–water partition coefficient (Wildman–Crippen LogP) is -9.56. The fourth-order valence-corrected chi connectivity index (χ4v) is 11.0. The second kappa shape index (κ2) is 47.1. The van der Waals surface area contributed by atoms with Gasteiger partial charge < -0.3 is 210 Å². The molecule has 0 bridgehead atoms. The first-order chi connectivity index (χ1) is 51.3. The maximum atomic E-state index is 9.96. The molecule has 113 heavy (non-hydrogen) atoms. The van der Waals surface area contributed by atoms with Gasteiger partial charge in [0.2, 0.25) is 0 Å². The van der Waals surface area contributed by atoms with Crippen molar-refractivity contribution in [3.63, 3.8) is 0 Å². The Morgan fingerprint density at radius 1 is 0.239 bits per heavy atom. The molecule has 7 rings (SSSR count). The number of hydrogen-bond donors (Lipinski definition) is 28. The van der Waals surface area contributed by atoms with Gasteiger partial charge in [0.1, 0.15) is 165 Å². The van der Waals surface area contributed by atoms with Gasteiger partial charge in [-0.1, -0.05) is 0 Å². The molecule has 0 aromatic carbocycles. The first-order valence-corrected chi connectivity index (χ1v) is 37.2. The Morgan fingerprint density at radius 3 is 0.717 bits per heavy atom. The molecule has 7 fully saturated rings. The molecular formula is C71H143NO41. The summed E-state index contributed by atoms with van der Waals surface area (Å²) >= 11 is 0. The second-order valence-electron chi connectivity index (χ2n) is 35.0. The van der Waals surface area contributed by atoms with Crippen molar-refractivity contribution in [3.8, 4) is 0 Å². The molecule has 7 heterocycles. The maximum Gasteiger partial charge on any atom is 0.187 e. The van der Waals surface area contributed by atoms with E-state index in [0.717, 1.165) is 0 Å². The fraction of sp³-hybridized carbons (Fsp3) is 1.00. The molecule has 7 aliphatic rings. The summed E-state index contributed by atoms with van der Waals surface area (Å²) in [6.45, 7) is 35.3. The van der Waals surface area contributed by atoms with Crippen LogP contribution in [0.2, 0.25) is 0 Å². The minimum absolute atomic E-state index is 0.0332. The SMILES string of the molecule is CC(C)(C)NC1[C@H](O)OC(CO)[C@@H](O)[C@@H]1O.CC(C)(C)OCC1OC(O)C(O)[C@@H](O)[C@@H]1O.CC(C)(C)O[C@@H]1OC(CO)[C@@H](O)[C@H](O)C1O.CC(C)(C)O[C@@H]1OC(CO)[C@H](O)[C@H](O)C1O.CC(C)(C)O[C@H]1OC(CO)[C@@H](O)[C@H](O)C1O.CC(C)(C)O[C@H]1OC(CO)[C@H](O)[C@H](O)C1O.CO[C@@H]1OC(CO)[C@@H](O)[C@H](O)C1OC(C)(C)C. The zero-order chi connectivity index (χ0) is 88.3. The van der Waals surface area contributed by atoms with Crippen molar-refractivity contribution in [1.29, 1.82) is 0 Å². The van der Waals surface area contributed by atoms with E-state index in [1.165, 1.54) is 7.11 Å². The third kappa shape index (κ3) is 36.5. The van der Waals surface area contributed by atoms with Crippen LogP contribution in [-0.2, 0) is 66.3 Å². The number of ether oxygens (including phenoxy) is 14. The average Bonchev–Trinajstić information content (AvgIpc) is 0.833. The van der Waals surface area contributed by atoms with Gasteiger partial charge in [0.05, 0.1) is 85.9 Å². The maximum absolute atomic E-state index is 9.96. The summed E-state index contributed by atoms with van der Waals surface area (Å²) in [4.78, 5) is 0. The first-order valence-electron chi connectivity index (χ1n) is 37.2. The van der Waals surface area contributed by atoms with Crippen LogP contribution in [0.1, 0.15) is 145 Å². The summed E-state index contributed by atoms with van der Waals surface area (Å²) in [6.07, 6.45) is -40.2. The molecule has 0 aliphatic carbocycles. The van der Waals surface area contributed by atoms with Crippen molar-refractivity contribution in [2.45, 2.75) is 399 Å². The monoisotopic (exact) mass is 1670 g/mol. The Hall–Kier alpha value is -1.68. The Labute approximate surface area is 660 Å². The lowest BCUT2D eigenvalue weighted by Crippen LogP contribution is -2.65. The summed E-state index contributed by atoms with van der Waals surface area (Å²) in [7, 11) is 1.42. The van der Waals surface area contributed by atoms with Gasteiger partial charge in [-0.3, -0.25) is 0 Å². The molecule has 0 spiro atoms. The summed E-state index contributed by atoms with van der Waals surface area (Å²) in [5.74, 6) is 0. The molecule has 7 aliphatic heterocycles. The van der Waals surface area contributed by atoms with E-state index in [2.05, 4.69) is 5.32 Å². The number of nitrogens with one attached hydrogen (secondary N) is 1. The molecule has 15 unspecified atom stereocenters. The standard InChI is InChI=1S/C11H22O6.C10H21NO5.5C10H20O6/c1-11(2,3)17-9-8(14)7(13)6(5-12)16-10(9)15-4;1-10(2,3)11-6-8(14)7(13)5(4-12)16-9(6)15;1-10(2,3)15-4-5-6(11)7(12)8(13)9(14)16-5;4*1-10(2,3)16-9-8(14)7(13)6(12)5(4-11)15-9/h6-10,12-14H,5H2,1-4H3;5-9,11-15H,4H2,1-3H3;5*5-9,11-14H,4H2,1-3H3/t6?,7-,8+,9?,10-;5?,6?,7-,8-,9-;5?,6-,7+,8?,9?;5?,6-,7+,8?,9+;5?,6-,7+,8?,9-;5?,6-,7-,8?,9+;5?,6-,7-,8?,9-/m1111100/s1. The lowest BCUT2D eigenvalue weighted by Gasteiger charge is -2.43. The summed E-state index contributed by atoms with van der Waals surface area (Å²) < 4.78 is 73.6. The number of rotatable bonds is 15. The number of hydrogen-bond acceptors (Lipinski definition) is 42. The van der Waals surface area contributed by atoms with Crippen LogP contribution in [-0.4, -0.2) is 445 Å². The van der Waals surface area contributed by atoms with E-state index >= 15 is 0 Å². The molecule has 28 N–H and O–H groups in total. The van der Waals surface area contributed by atoms with Gasteiger partial charge in [-0.2, -0.15) is 0 Å². The summed E-state index contributed by atoms with van der Waals surface area (Å²) in [5, 5.41) is 258. The van der Waals surface area contributed by atoms with E-state index < -0.39 is 282 Å². The molecule has 0 aromatic rings. The van der Waals surface area contributed by atoms with E-state index in [0.29, 0.717) is 0 Å². The molecule has 42 heteroatoms. The Bertz CT molecular complexity index is 2330. The van der Waals surface area contributed by atoms with Crippen molar-refractivity contribution in [1.82, 2.24) is 5.32 Å². The molecule has 7 saturated heterocycles. The molecular weight excluding hydrogens is 1520 g/mol. The average molecular weight is 1670 g/mol. The lowest BCUT2D eigenvalue weighted by molar-refractivity contribution is -0.321. The van der Waals surface area contributed by atoms with Crippen molar-refractivity contribution in [2.75, 3.05) is 53.4 Å². The van der Waals surface area contributed by atoms with Gasteiger partial charge in [-0.15, -0.1) is 0 Å². The van der Waals surface area contributed by atoms with Crippen LogP contribution in [0, 0.1) is 0 Å². The van der Waals surface area contributed by atoms with E-state index in [1.807, 2.05) is 62.3 Å². The molecule has 42 nitrogen and oxygen atoms in total. The first kappa shape index (κ1) is 109. The van der Waals surface area contributed by atoms with Crippen LogP contribution in [0.4, 0.5) is 0 Å². The number of methoxy groups -OCH3 is 1. The fourth-order valence-electron chi connectivity index (χ4n) is 11.0. The molecule has 0 radical (unpaired) electrons. The summed E-state index contributed by atoms with van der Waals surface area (Å²) in [5.41, 5.74) is -3.49. The van der Waals surface area contributed by atoms with Crippen LogP contribution in [0.5, 0.6) is 0 Å². The van der Waals surface area contributed by atoms with Gasteiger partial charge in [-0.05, 0) is 145 Å². The normalized spacial score (nSPS) is 40.8. The van der Waals surface area contributed by atoms with Gasteiger partial charge in [0.25, 0.3) is 0 Å². The molecule has 35 atom stereocenters. The van der Waals surface area contributed by atoms with Crippen molar-refractivity contribution < 1.29 is 204 Å². The zero-order valence-electron chi connectivity index (χ0n) is 68.9. The Morgan fingerprint density at radius 2 is 0.469 bits per heavy atom. The van der Waals surface area contributed by atoms with Crippen LogP contribution in [0.25, 0.3) is 0 Å². The second-order valence-corrected chi connectivity index (χ2v) is 35.0. The highest BCUT2D eigenvalue weighted by atomic mass is 16.7. The third-order valence-electron chi connectivity index (χ3n) is 16.7. The quantitative estimate of drug-likeness (QED) is 0.0724. The Kier molecular flexibility index (Phi) is 45.6. The Balaban J connectivity index is 0.000000659. The largest absolute Gasteiger partial charge is 0.394 e. The van der Waals surface area contributed by atoms with E-state index in [1.54, 1.807) is 83.1 Å². The van der Waals surface area contributed by atoms with E-state index in [4.69, 9.17) is 97.0 Å². The van der Waals surface area contributed by atoms with Gasteiger partial charge in [0, 0.05) is 12.6 Å². The van der Waals surface area contributed by atoms with Crippen molar-refractivity contribution >= 4 is 0 Å². The van der Waals surface area contributed by atoms with Crippen LogP contribution in [0.15, 0.2) is 0 Å². The van der Waals surface area contributed by atoms with Gasteiger partial charge in [-0.25, -0.2) is 0 Å². The minimum Gasteiger partial charge on any atom is -0.394 e. The smallest absolute Gasteiger partial charge is 0.187 e. The third-order valence-corrected chi connectivity index (χ3v) is 16.7.